The highest BCUT2D eigenvalue weighted by molar-refractivity contribution is 7.99. The van der Waals surface area contributed by atoms with Crippen LogP contribution in [0.5, 0.6) is 0 Å². The summed E-state index contributed by atoms with van der Waals surface area (Å²) in [7, 11) is 1.60. The van der Waals surface area contributed by atoms with Crippen LogP contribution in [0.15, 0.2) is 40.3 Å². The SMILES string of the molecule is COCCn1cnnc1SC(C)c1nc(-c2cccc(C(F)(F)F)c2)no1. The van der Waals surface area contributed by atoms with E-state index in [2.05, 4.69) is 20.3 Å². The quantitative estimate of drug-likeness (QED) is 0.559. The van der Waals surface area contributed by atoms with E-state index >= 15 is 0 Å². The first kappa shape index (κ1) is 19.4. The fourth-order valence-electron chi connectivity index (χ4n) is 2.24. The standard InChI is InChI=1S/C16H16F3N5O2S/c1-10(27-15-22-20-9-24(15)6-7-25-2)14-21-13(23-26-14)11-4-3-5-12(8-11)16(17,18)19/h3-5,8-10H,6-7H2,1-2H3. The zero-order valence-corrected chi connectivity index (χ0v) is 15.3. The van der Waals surface area contributed by atoms with Gasteiger partial charge in [0, 0.05) is 19.2 Å². The molecule has 144 valence electrons. The molecule has 11 heteroatoms. The Bertz CT molecular complexity index is 896. The summed E-state index contributed by atoms with van der Waals surface area (Å²) >= 11 is 1.35. The van der Waals surface area contributed by atoms with Crippen molar-refractivity contribution in [1.82, 2.24) is 24.9 Å². The molecule has 3 aromatic rings. The minimum atomic E-state index is -4.43. The van der Waals surface area contributed by atoms with Crippen LogP contribution in [0.25, 0.3) is 11.4 Å². The Labute approximate surface area is 156 Å². The van der Waals surface area contributed by atoms with Crippen molar-refractivity contribution in [3.05, 3.63) is 42.0 Å². The molecule has 7 nitrogen and oxygen atoms in total. The van der Waals surface area contributed by atoms with E-state index in [0.717, 1.165) is 12.1 Å². The molecule has 3 rings (SSSR count). The summed E-state index contributed by atoms with van der Waals surface area (Å²) in [5.74, 6) is 0.387. The zero-order chi connectivity index (χ0) is 19.4. The third-order valence-electron chi connectivity index (χ3n) is 3.64. The normalized spacial score (nSPS) is 13.1. The van der Waals surface area contributed by atoms with E-state index in [4.69, 9.17) is 9.26 Å². The van der Waals surface area contributed by atoms with Crippen LogP contribution in [0.4, 0.5) is 13.2 Å². The van der Waals surface area contributed by atoms with Gasteiger partial charge in [0.25, 0.3) is 0 Å². The van der Waals surface area contributed by atoms with Gasteiger partial charge >= 0.3 is 6.18 Å². The molecule has 0 saturated carbocycles. The van der Waals surface area contributed by atoms with Crippen molar-refractivity contribution >= 4 is 11.8 Å². The fourth-order valence-corrected chi connectivity index (χ4v) is 3.12. The minimum absolute atomic E-state index is 0.101. The third kappa shape index (κ3) is 4.66. The molecule has 1 aromatic carbocycles. The molecule has 1 unspecified atom stereocenters. The van der Waals surface area contributed by atoms with Gasteiger partial charge in [0.1, 0.15) is 6.33 Å². The van der Waals surface area contributed by atoms with E-state index in [9.17, 15) is 13.2 Å². The maximum absolute atomic E-state index is 12.9. The predicted octanol–water partition coefficient (Wildman–Crippen LogP) is 3.85. The summed E-state index contributed by atoms with van der Waals surface area (Å²) < 4.78 is 50.7. The number of benzene rings is 1. The van der Waals surface area contributed by atoms with Crippen LogP contribution in [0, 0.1) is 0 Å². The number of rotatable bonds is 7. The highest BCUT2D eigenvalue weighted by atomic mass is 32.2. The average Bonchev–Trinajstić information content (AvgIpc) is 3.29. The Morgan fingerprint density at radius 2 is 2.15 bits per heavy atom. The molecule has 0 bridgehead atoms. The van der Waals surface area contributed by atoms with Crippen LogP contribution in [0.2, 0.25) is 0 Å². The Morgan fingerprint density at radius 1 is 1.33 bits per heavy atom. The number of hydrogen-bond donors (Lipinski definition) is 0. The van der Waals surface area contributed by atoms with Crippen molar-refractivity contribution < 1.29 is 22.4 Å². The summed E-state index contributed by atoms with van der Waals surface area (Å²) in [4.78, 5) is 4.23. The van der Waals surface area contributed by atoms with Crippen molar-refractivity contribution in [3.63, 3.8) is 0 Å². The van der Waals surface area contributed by atoms with Crippen LogP contribution in [-0.4, -0.2) is 38.6 Å². The minimum Gasteiger partial charge on any atom is -0.383 e. The van der Waals surface area contributed by atoms with Gasteiger partial charge in [-0.1, -0.05) is 29.1 Å². The molecule has 0 radical (unpaired) electrons. The molecule has 0 aliphatic heterocycles. The molecule has 2 aromatic heterocycles. The lowest BCUT2D eigenvalue weighted by Gasteiger charge is -2.08. The molecule has 1 atom stereocenters. The lowest BCUT2D eigenvalue weighted by molar-refractivity contribution is -0.137. The summed E-state index contributed by atoms with van der Waals surface area (Å²) in [5.41, 5.74) is -0.527. The Kier molecular flexibility index (Phi) is 5.80. The van der Waals surface area contributed by atoms with Gasteiger partial charge < -0.3 is 13.8 Å². The largest absolute Gasteiger partial charge is 0.416 e. The van der Waals surface area contributed by atoms with Crippen molar-refractivity contribution in [3.8, 4) is 11.4 Å². The highest BCUT2D eigenvalue weighted by Crippen LogP contribution is 2.35. The molecule has 27 heavy (non-hydrogen) atoms. The van der Waals surface area contributed by atoms with E-state index < -0.39 is 11.7 Å². The van der Waals surface area contributed by atoms with Crippen LogP contribution in [0.1, 0.15) is 23.6 Å². The van der Waals surface area contributed by atoms with Gasteiger partial charge in [-0.15, -0.1) is 10.2 Å². The second kappa shape index (κ2) is 8.09. The van der Waals surface area contributed by atoms with Crippen molar-refractivity contribution in [2.24, 2.45) is 0 Å². The Hall–Kier alpha value is -2.40. The number of aromatic nitrogens is 5. The van der Waals surface area contributed by atoms with Gasteiger partial charge in [0.15, 0.2) is 5.16 Å². The summed E-state index contributed by atoms with van der Waals surface area (Å²) in [6, 6.07) is 4.80. The van der Waals surface area contributed by atoms with Crippen LogP contribution >= 0.6 is 11.8 Å². The first-order chi connectivity index (χ1) is 12.9. The molecular formula is C16H16F3N5O2S. The van der Waals surface area contributed by atoms with Gasteiger partial charge in [-0.05, 0) is 19.1 Å². The van der Waals surface area contributed by atoms with Crippen molar-refractivity contribution in [2.45, 2.75) is 30.1 Å². The first-order valence-electron chi connectivity index (χ1n) is 7.93. The van der Waals surface area contributed by atoms with E-state index in [-0.39, 0.29) is 22.5 Å². The number of halogens is 3. The van der Waals surface area contributed by atoms with E-state index in [1.165, 1.54) is 23.9 Å². The van der Waals surface area contributed by atoms with Crippen LogP contribution in [0.3, 0.4) is 0 Å². The number of ether oxygens (including phenoxy) is 1. The van der Waals surface area contributed by atoms with E-state index in [1.54, 1.807) is 13.4 Å². The fraction of sp³-hybridized carbons (Fsp3) is 0.375. The van der Waals surface area contributed by atoms with Gasteiger partial charge in [0.2, 0.25) is 11.7 Å². The Morgan fingerprint density at radius 3 is 2.89 bits per heavy atom. The maximum atomic E-state index is 12.9. The molecule has 0 fully saturated rings. The zero-order valence-electron chi connectivity index (χ0n) is 14.5. The number of nitrogens with zero attached hydrogens (tertiary/aromatic N) is 5. The molecule has 0 saturated heterocycles. The molecule has 0 spiro atoms. The number of alkyl halides is 3. The monoisotopic (exact) mass is 399 g/mol. The average molecular weight is 399 g/mol. The first-order valence-corrected chi connectivity index (χ1v) is 8.81. The maximum Gasteiger partial charge on any atom is 0.416 e. The molecule has 2 heterocycles. The van der Waals surface area contributed by atoms with Gasteiger partial charge in [0.05, 0.1) is 17.4 Å². The number of hydrogen-bond acceptors (Lipinski definition) is 7. The third-order valence-corrected chi connectivity index (χ3v) is 4.72. The summed E-state index contributed by atoms with van der Waals surface area (Å²) in [6.45, 7) is 2.95. The topological polar surface area (TPSA) is 78.9 Å². The number of methoxy groups -OCH3 is 1. The van der Waals surface area contributed by atoms with Crippen molar-refractivity contribution in [2.75, 3.05) is 13.7 Å². The van der Waals surface area contributed by atoms with Crippen LogP contribution < -0.4 is 0 Å². The second-order valence-electron chi connectivity index (χ2n) is 5.59. The summed E-state index contributed by atoms with van der Waals surface area (Å²) in [5, 5.41) is 12.1. The van der Waals surface area contributed by atoms with E-state index in [0.29, 0.717) is 18.3 Å². The smallest absolute Gasteiger partial charge is 0.383 e. The van der Waals surface area contributed by atoms with Gasteiger partial charge in [-0.25, -0.2) is 0 Å². The molecule has 0 amide bonds. The van der Waals surface area contributed by atoms with Gasteiger partial charge in [-0.3, -0.25) is 0 Å². The van der Waals surface area contributed by atoms with Crippen LogP contribution in [-0.2, 0) is 17.5 Å². The van der Waals surface area contributed by atoms with E-state index in [1.807, 2.05) is 11.5 Å². The van der Waals surface area contributed by atoms with Gasteiger partial charge in [-0.2, -0.15) is 18.2 Å². The Balaban J connectivity index is 1.75. The van der Waals surface area contributed by atoms with Crippen molar-refractivity contribution in [1.29, 1.82) is 0 Å². The summed E-state index contributed by atoms with van der Waals surface area (Å²) in [6.07, 6.45) is -2.84. The molecule has 0 N–H and O–H groups in total. The predicted molar refractivity (Wildman–Crippen MR) is 90.9 cm³/mol. The lowest BCUT2D eigenvalue weighted by Crippen LogP contribution is -2.05. The second-order valence-corrected chi connectivity index (χ2v) is 6.90. The lowest BCUT2D eigenvalue weighted by atomic mass is 10.1. The molecule has 0 aliphatic carbocycles. The molecular weight excluding hydrogens is 383 g/mol. The highest BCUT2D eigenvalue weighted by Gasteiger charge is 2.31. The molecule has 0 aliphatic rings. The number of thioether (sulfide) groups is 1.